The number of halogens is 1. The van der Waals surface area contributed by atoms with E-state index >= 15 is 0 Å². The van der Waals surface area contributed by atoms with E-state index in [1.54, 1.807) is 0 Å². The molecule has 0 bridgehead atoms. The van der Waals surface area contributed by atoms with Crippen molar-refractivity contribution in [1.82, 2.24) is 5.32 Å². The van der Waals surface area contributed by atoms with E-state index in [-0.39, 0.29) is 17.5 Å². The summed E-state index contributed by atoms with van der Waals surface area (Å²) in [5, 5.41) is 15.2. The first-order chi connectivity index (χ1) is 10.0. The molecule has 5 nitrogen and oxygen atoms in total. The highest BCUT2D eigenvalue weighted by Crippen LogP contribution is 2.25. The third kappa shape index (κ3) is 3.95. The smallest absolute Gasteiger partial charge is 0.335 e. The Morgan fingerprint density at radius 1 is 1.48 bits per heavy atom. The zero-order valence-corrected chi connectivity index (χ0v) is 12.6. The van der Waals surface area contributed by atoms with E-state index in [0.29, 0.717) is 16.6 Å². The number of rotatable bonds is 4. The van der Waals surface area contributed by atoms with Crippen LogP contribution < -0.4 is 10.6 Å². The van der Waals surface area contributed by atoms with Gasteiger partial charge in [0.1, 0.15) is 0 Å². The number of hydrogen-bond acceptors (Lipinski definition) is 3. The van der Waals surface area contributed by atoms with Gasteiger partial charge in [0, 0.05) is 0 Å². The van der Waals surface area contributed by atoms with Crippen LogP contribution in [0.15, 0.2) is 18.2 Å². The Labute approximate surface area is 128 Å². The number of hydrogen-bond donors (Lipinski definition) is 3. The van der Waals surface area contributed by atoms with Crippen molar-refractivity contribution in [2.24, 2.45) is 5.92 Å². The summed E-state index contributed by atoms with van der Waals surface area (Å²) in [4.78, 5) is 23.2. The van der Waals surface area contributed by atoms with Gasteiger partial charge in [-0.1, -0.05) is 24.9 Å². The van der Waals surface area contributed by atoms with Gasteiger partial charge in [-0.15, -0.1) is 0 Å². The van der Waals surface area contributed by atoms with Crippen molar-refractivity contribution in [1.29, 1.82) is 0 Å². The number of aromatic carboxylic acids is 1. The van der Waals surface area contributed by atoms with Crippen molar-refractivity contribution in [3.8, 4) is 0 Å². The summed E-state index contributed by atoms with van der Waals surface area (Å²) in [7, 11) is 0. The maximum atomic E-state index is 12.3. The molecule has 21 heavy (non-hydrogen) atoms. The van der Waals surface area contributed by atoms with E-state index in [1.807, 2.05) is 0 Å². The molecule has 1 heterocycles. The fourth-order valence-corrected chi connectivity index (χ4v) is 2.71. The van der Waals surface area contributed by atoms with Crippen LogP contribution in [0.3, 0.4) is 0 Å². The summed E-state index contributed by atoms with van der Waals surface area (Å²) in [6, 6.07) is 4.01. The van der Waals surface area contributed by atoms with Crippen LogP contribution in [0.4, 0.5) is 5.69 Å². The maximum absolute atomic E-state index is 12.3. The Kier molecular flexibility index (Phi) is 5.20. The minimum atomic E-state index is -1.05. The molecule has 114 valence electrons. The minimum absolute atomic E-state index is 0.0951. The van der Waals surface area contributed by atoms with Gasteiger partial charge in [0.05, 0.1) is 22.3 Å². The van der Waals surface area contributed by atoms with Crippen LogP contribution in [0, 0.1) is 5.92 Å². The zero-order chi connectivity index (χ0) is 15.4. The van der Waals surface area contributed by atoms with E-state index in [4.69, 9.17) is 16.7 Å². The lowest BCUT2D eigenvalue weighted by atomic mass is 9.90. The monoisotopic (exact) mass is 310 g/mol. The van der Waals surface area contributed by atoms with Crippen molar-refractivity contribution in [3.63, 3.8) is 0 Å². The van der Waals surface area contributed by atoms with Gasteiger partial charge in [0.15, 0.2) is 0 Å². The highest BCUT2D eigenvalue weighted by molar-refractivity contribution is 6.33. The van der Waals surface area contributed by atoms with Crippen LogP contribution in [0.2, 0.25) is 5.02 Å². The SMILES string of the molecule is CCC1CCNC(C(=O)Nc2cc(C(=O)O)ccc2Cl)C1. The zero-order valence-electron chi connectivity index (χ0n) is 11.9. The first-order valence-electron chi connectivity index (χ1n) is 7.08. The first kappa shape index (κ1) is 15.8. The Balaban J connectivity index is 2.08. The topological polar surface area (TPSA) is 78.4 Å². The van der Waals surface area contributed by atoms with E-state index in [9.17, 15) is 9.59 Å². The van der Waals surface area contributed by atoms with Gasteiger partial charge in [-0.25, -0.2) is 4.79 Å². The molecule has 1 aliphatic rings. The third-order valence-corrected chi connectivity index (χ3v) is 4.21. The molecule has 1 amide bonds. The molecule has 0 saturated carbocycles. The molecule has 3 N–H and O–H groups in total. The minimum Gasteiger partial charge on any atom is -0.478 e. The molecular formula is C15H19ClN2O3. The van der Waals surface area contributed by atoms with Gasteiger partial charge in [0.2, 0.25) is 5.91 Å². The van der Waals surface area contributed by atoms with Crippen molar-refractivity contribution < 1.29 is 14.7 Å². The summed E-state index contributed by atoms with van der Waals surface area (Å²) in [6.07, 6.45) is 2.93. The molecule has 6 heteroatoms. The summed E-state index contributed by atoms with van der Waals surface area (Å²) in [6.45, 7) is 2.94. The standard InChI is InChI=1S/C15H19ClN2O3/c1-2-9-5-6-17-13(7-9)14(19)18-12-8-10(15(20)21)3-4-11(12)16/h3-4,8-9,13,17H,2,5-7H2,1H3,(H,18,19)(H,20,21). The van der Waals surface area contributed by atoms with Crippen LogP contribution in [0.5, 0.6) is 0 Å². The van der Waals surface area contributed by atoms with Crippen LogP contribution in [0.25, 0.3) is 0 Å². The fraction of sp³-hybridized carbons (Fsp3) is 0.467. The lowest BCUT2D eigenvalue weighted by Gasteiger charge is -2.29. The largest absolute Gasteiger partial charge is 0.478 e. The molecule has 0 aromatic heterocycles. The average Bonchev–Trinajstić information content (AvgIpc) is 2.49. The van der Waals surface area contributed by atoms with Gasteiger partial charge < -0.3 is 15.7 Å². The van der Waals surface area contributed by atoms with Crippen molar-refractivity contribution in [3.05, 3.63) is 28.8 Å². The van der Waals surface area contributed by atoms with Gasteiger partial charge >= 0.3 is 5.97 Å². The number of carbonyl (C=O) groups excluding carboxylic acids is 1. The molecule has 1 aliphatic heterocycles. The molecule has 1 aromatic rings. The second-order valence-corrected chi connectivity index (χ2v) is 5.70. The quantitative estimate of drug-likeness (QED) is 0.799. The fourth-order valence-electron chi connectivity index (χ4n) is 2.54. The van der Waals surface area contributed by atoms with Gasteiger partial charge in [-0.3, -0.25) is 4.79 Å². The Bertz CT molecular complexity index is 548. The number of piperidine rings is 1. The molecule has 1 aromatic carbocycles. The number of benzene rings is 1. The van der Waals surface area contributed by atoms with Crippen molar-refractivity contribution >= 4 is 29.2 Å². The molecule has 2 rings (SSSR count). The van der Waals surface area contributed by atoms with Gasteiger partial charge in [-0.2, -0.15) is 0 Å². The number of nitrogens with one attached hydrogen (secondary N) is 2. The first-order valence-corrected chi connectivity index (χ1v) is 7.46. The number of carboxylic acids is 1. The van der Waals surface area contributed by atoms with Crippen LogP contribution >= 0.6 is 11.6 Å². The van der Waals surface area contributed by atoms with Gasteiger partial charge in [-0.05, 0) is 43.5 Å². The van der Waals surface area contributed by atoms with Crippen LogP contribution in [-0.4, -0.2) is 29.6 Å². The molecule has 2 unspecified atom stereocenters. The lowest BCUT2D eigenvalue weighted by molar-refractivity contribution is -0.119. The molecule has 0 aliphatic carbocycles. The summed E-state index contributed by atoms with van der Waals surface area (Å²) in [5.74, 6) is -0.676. The predicted molar refractivity (Wildman–Crippen MR) is 81.8 cm³/mol. The summed E-state index contributed by atoms with van der Waals surface area (Å²) >= 11 is 6.01. The van der Waals surface area contributed by atoms with Crippen molar-refractivity contribution in [2.45, 2.75) is 32.2 Å². The Morgan fingerprint density at radius 3 is 2.90 bits per heavy atom. The molecule has 2 atom stereocenters. The maximum Gasteiger partial charge on any atom is 0.335 e. The second-order valence-electron chi connectivity index (χ2n) is 5.29. The van der Waals surface area contributed by atoms with E-state index < -0.39 is 5.97 Å². The number of carboxylic acid groups (broad SMARTS) is 1. The highest BCUT2D eigenvalue weighted by Gasteiger charge is 2.26. The third-order valence-electron chi connectivity index (χ3n) is 3.88. The lowest BCUT2D eigenvalue weighted by Crippen LogP contribution is -2.46. The van der Waals surface area contributed by atoms with Crippen molar-refractivity contribution in [2.75, 3.05) is 11.9 Å². The average molecular weight is 311 g/mol. The molecule has 1 fully saturated rings. The normalized spacial score (nSPS) is 21.8. The number of carbonyl (C=O) groups is 2. The molecule has 1 saturated heterocycles. The summed E-state index contributed by atoms with van der Waals surface area (Å²) < 4.78 is 0. The molecule has 0 spiro atoms. The second kappa shape index (κ2) is 6.91. The number of anilines is 1. The van der Waals surface area contributed by atoms with Gasteiger partial charge in [0.25, 0.3) is 0 Å². The number of amides is 1. The molecular weight excluding hydrogens is 292 g/mol. The highest BCUT2D eigenvalue weighted by atomic mass is 35.5. The Hall–Kier alpha value is -1.59. The van der Waals surface area contributed by atoms with Crippen LogP contribution in [-0.2, 0) is 4.79 Å². The van der Waals surface area contributed by atoms with Crippen LogP contribution in [0.1, 0.15) is 36.5 Å². The Morgan fingerprint density at radius 2 is 2.24 bits per heavy atom. The predicted octanol–water partition coefficient (Wildman–Crippen LogP) is 2.75. The van der Waals surface area contributed by atoms with E-state index in [0.717, 1.165) is 25.8 Å². The molecule has 0 radical (unpaired) electrons. The van der Waals surface area contributed by atoms with E-state index in [2.05, 4.69) is 17.6 Å². The summed E-state index contributed by atoms with van der Waals surface area (Å²) in [5.41, 5.74) is 0.430. The van der Waals surface area contributed by atoms with E-state index in [1.165, 1.54) is 18.2 Å².